The molecule has 1 amide bonds. The van der Waals surface area contributed by atoms with Gasteiger partial charge in [0, 0.05) is 26.0 Å². The summed E-state index contributed by atoms with van der Waals surface area (Å²) in [5.74, 6) is -1.36. The van der Waals surface area contributed by atoms with Crippen LogP contribution in [0.3, 0.4) is 0 Å². The number of aromatic nitrogens is 1. The van der Waals surface area contributed by atoms with Crippen LogP contribution in [0.25, 0.3) is 0 Å². The number of methoxy groups -OCH3 is 1. The highest BCUT2D eigenvalue weighted by Crippen LogP contribution is 2.29. The molecule has 2 unspecified atom stereocenters. The highest BCUT2D eigenvalue weighted by molar-refractivity contribution is 5.82. The predicted octanol–water partition coefficient (Wildman–Crippen LogP) is 0.0811. The lowest BCUT2D eigenvalue weighted by atomic mass is 9.99. The van der Waals surface area contributed by atoms with Crippen LogP contribution in [0, 0.1) is 0 Å². The van der Waals surface area contributed by atoms with Gasteiger partial charge in [0.15, 0.2) is 6.10 Å². The summed E-state index contributed by atoms with van der Waals surface area (Å²) in [6.45, 7) is 0.397. The summed E-state index contributed by atoms with van der Waals surface area (Å²) in [7, 11) is 1.53. The van der Waals surface area contributed by atoms with Gasteiger partial charge in [-0.1, -0.05) is 6.07 Å². The second-order valence-electron chi connectivity index (χ2n) is 4.38. The maximum absolute atomic E-state index is 12.0. The average molecular weight is 280 g/mol. The third kappa shape index (κ3) is 2.94. The van der Waals surface area contributed by atoms with E-state index >= 15 is 0 Å². The van der Waals surface area contributed by atoms with Gasteiger partial charge in [-0.05, 0) is 11.6 Å². The van der Waals surface area contributed by atoms with Crippen LogP contribution in [0.15, 0.2) is 24.5 Å². The number of morpholine rings is 1. The van der Waals surface area contributed by atoms with Gasteiger partial charge in [0.05, 0.1) is 12.6 Å². The average Bonchev–Trinajstić information content (AvgIpc) is 2.46. The van der Waals surface area contributed by atoms with Gasteiger partial charge < -0.3 is 19.5 Å². The molecule has 0 spiro atoms. The van der Waals surface area contributed by atoms with Crippen LogP contribution in [0.4, 0.5) is 0 Å². The molecule has 1 aliphatic heterocycles. The van der Waals surface area contributed by atoms with Crippen molar-refractivity contribution in [1.82, 2.24) is 9.88 Å². The van der Waals surface area contributed by atoms with Crippen molar-refractivity contribution in [3.05, 3.63) is 30.1 Å². The van der Waals surface area contributed by atoms with Crippen LogP contribution in [0.2, 0.25) is 0 Å². The minimum absolute atomic E-state index is 0.239. The van der Waals surface area contributed by atoms with Gasteiger partial charge >= 0.3 is 5.97 Å². The van der Waals surface area contributed by atoms with E-state index in [1.165, 1.54) is 12.0 Å². The summed E-state index contributed by atoms with van der Waals surface area (Å²) in [5.41, 5.74) is 0.629. The number of pyridine rings is 1. The van der Waals surface area contributed by atoms with Gasteiger partial charge in [-0.3, -0.25) is 9.78 Å². The van der Waals surface area contributed by atoms with Gasteiger partial charge in [0.2, 0.25) is 5.91 Å². The number of ether oxygens (including phenoxy) is 2. The van der Waals surface area contributed by atoms with Crippen molar-refractivity contribution < 1.29 is 24.2 Å². The summed E-state index contributed by atoms with van der Waals surface area (Å²) in [6.07, 6.45) is 2.03. The van der Waals surface area contributed by atoms with Crippen molar-refractivity contribution in [3.63, 3.8) is 0 Å². The lowest BCUT2D eigenvalue weighted by Gasteiger charge is -2.39. The summed E-state index contributed by atoms with van der Waals surface area (Å²) < 4.78 is 10.1. The van der Waals surface area contributed by atoms with Gasteiger partial charge in [-0.2, -0.15) is 0 Å². The molecule has 1 aliphatic rings. The van der Waals surface area contributed by atoms with E-state index in [0.717, 1.165) is 0 Å². The van der Waals surface area contributed by atoms with E-state index in [-0.39, 0.29) is 12.5 Å². The maximum Gasteiger partial charge on any atom is 0.335 e. The minimum Gasteiger partial charge on any atom is -0.479 e. The number of carbonyl (C=O) groups is 2. The van der Waals surface area contributed by atoms with Crippen LogP contribution in [0.1, 0.15) is 11.6 Å². The van der Waals surface area contributed by atoms with Crippen molar-refractivity contribution in [2.24, 2.45) is 0 Å². The van der Waals surface area contributed by atoms with E-state index in [2.05, 4.69) is 4.98 Å². The van der Waals surface area contributed by atoms with Crippen LogP contribution in [-0.2, 0) is 19.1 Å². The molecular weight excluding hydrogens is 264 g/mol. The Hall–Kier alpha value is -1.99. The molecule has 2 atom stereocenters. The number of amides is 1. The van der Waals surface area contributed by atoms with Crippen LogP contribution in [-0.4, -0.2) is 59.8 Å². The zero-order valence-electron chi connectivity index (χ0n) is 11.1. The van der Waals surface area contributed by atoms with Crippen molar-refractivity contribution >= 4 is 11.9 Å². The third-order valence-electron chi connectivity index (χ3n) is 3.13. The molecule has 1 aromatic rings. The first-order chi connectivity index (χ1) is 9.65. The first-order valence-corrected chi connectivity index (χ1v) is 6.18. The van der Waals surface area contributed by atoms with Crippen molar-refractivity contribution in [1.29, 1.82) is 0 Å². The number of carboxylic acid groups (broad SMARTS) is 1. The predicted molar refractivity (Wildman–Crippen MR) is 67.9 cm³/mol. The fourth-order valence-electron chi connectivity index (χ4n) is 2.22. The lowest BCUT2D eigenvalue weighted by Crippen LogP contribution is -2.52. The van der Waals surface area contributed by atoms with Crippen LogP contribution in [0.5, 0.6) is 0 Å². The summed E-state index contributed by atoms with van der Waals surface area (Å²) >= 11 is 0. The molecule has 1 fully saturated rings. The first-order valence-electron chi connectivity index (χ1n) is 6.18. The molecule has 7 nitrogen and oxygen atoms in total. The van der Waals surface area contributed by atoms with Gasteiger partial charge in [-0.25, -0.2) is 4.79 Å². The third-order valence-corrected chi connectivity index (χ3v) is 3.13. The fourth-order valence-corrected chi connectivity index (χ4v) is 2.22. The van der Waals surface area contributed by atoms with Gasteiger partial charge in [0.25, 0.3) is 0 Å². The van der Waals surface area contributed by atoms with Crippen molar-refractivity contribution in [2.45, 2.75) is 12.1 Å². The van der Waals surface area contributed by atoms with E-state index in [9.17, 15) is 14.7 Å². The molecule has 2 rings (SSSR count). The molecular formula is C13H16N2O5. The summed E-state index contributed by atoms with van der Waals surface area (Å²) in [6, 6.07) is 2.73. The molecule has 2 heterocycles. The smallest absolute Gasteiger partial charge is 0.335 e. The van der Waals surface area contributed by atoms with E-state index in [0.29, 0.717) is 18.7 Å². The Bertz CT molecular complexity index is 479. The Morgan fingerprint density at radius 2 is 2.45 bits per heavy atom. The monoisotopic (exact) mass is 280 g/mol. The SMILES string of the molecule is COCCN1C(=O)COC(C(=O)O)C1c1cccnc1. The molecule has 0 aliphatic carbocycles. The molecule has 1 aromatic heterocycles. The number of nitrogens with zero attached hydrogens (tertiary/aromatic N) is 2. The van der Waals surface area contributed by atoms with E-state index in [1.807, 2.05) is 0 Å². The number of carboxylic acids is 1. The fraction of sp³-hybridized carbons (Fsp3) is 0.462. The number of hydrogen-bond acceptors (Lipinski definition) is 5. The summed E-state index contributed by atoms with van der Waals surface area (Å²) in [5, 5.41) is 9.28. The van der Waals surface area contributed by atoms with Crippen molar-refractivity contribution in [2.75, 3.05) is 26.9 Å². The maximum atomic E-state index is 12.0. The molecule has 20 heavy (non-hydrogen) atoms. The normalized spacial score (nSPS) is 22.9. The Morgan fingerprint density at radius 3 is 3.05 bits per heavy atom. The minimum atomic E-state index is -1.10. The second-order valence-corrected chi connectivity index (χ2v) is 4.38. The summed E-state index contributed by atoms with van der Waals surface area (Å²) in [4.78, 5) is 28.8. The Labute approximate surface area is 116 Å². The Balaban J connectivity index is 2.33. The number of rotatable bonds is 5. The van der Waals surface area contributed by atoms with Gasteiger partial charge in [-0.15, -0.1) is 0 Å². The first kappa shape index (κ1) is 14.4. The molecule has 0 aromatic carbocycles. The molecule has 1 N–H and O–H groups in total. The van der Waals surface area contributed by atoms with E-state index < -0.39 is 18.1 Å². The Kier molecular flexibility index (Phi) is 4.65. The van der Waals surface area contributed by atoms with Crippen molar-refractivity contribution in [3.8, 4) is 0 Å². The van der Waals surface area contributed by atoms with Crippen LogP contribution < -0.4 is 0 Å². The van der Waals surface area contributed by atoms with Gasteiger partial charge in [0.1, 0.15) is 6.61 Å². The number of carbonyl (C=O) groups excluding carboxylic acids is 1. The second kappa shape index (κ2) is 6.44. The van der Waals surface area contributed by atoms with E-state index in [4.69, 9.17) is 9.47 Å². The highest BCUT2D eigenvalue weighted by atomic mass is 16.5. The molecule has 0 saturated carbocycles. The molecule has 1 saturated heterocycles. The molecule has 7 heteroatoms. The lowest BCUT2D eigenvalue weighted by molar-refractivity contribution is -0.173. The quantitative estimate of drug-likeness (QED) is 0.821. The molecule has 108 valence electrons. The zero-order chi connectivity index (χ0) is 14.5. The standard InChI is InChI=1S/C13H16N2O5/c1-19-6-5-15-10(16)8-20-12(13(17)18)11(15)9-3-2-4-14-7-9/h2-4,7,11-12H,5-6,8H2,1H3,(H,17,18). The van der Waals surface area contributed by atoms with Crippen LogP contribution >= 0.6 is 0 Å². The topological polar surface area (TPSA) is 89.0 Å². The number of aliphatic carboxylic acids is 1. The largest absolute Gasteiger partial charge is 0.479 e. The molecule has 0 bridgehead atoms. The van der Waals surface area contributed by atoms with E-state index in [1.54, 1.807) is 24.5 Å². The number of hydrogen-bond donors (Lipinski definition) is 1. The highest BCUT2D eigenvalue weighted by Gasteiger charge is 2.41. The Morgan fingerprint density at radius 1 is 1.65 bits per heavy atom. The zero-order valence-corrected chi connectivity index (χ0v) is 11.1. The molecule has 0 radical (unpaired) electrons.